The van der Waals surface area contributed by atoms with E-state index < -0.39 is 0 Å². The van der Waals surface area contributed by atoms with E-state index in [0.29, 0.717) is 0 Å². The van der Waals surface area contributed by atoms with Crippen LogP contribution in [-0.2, 0) is 4.74 Å². The smallest absolute Gasteiger partial charge is 0.193 e. The molecule has 0 aromatic carbocycles. The van der Waals surface area contributed by atoms with Crippen LogP contribution in [0.2, 0.25) is 0 Å². The number of hydrogen-bond donors (Lipinski definition) is 1. The van der Waals surface area contributed by atoms with Gasteiger partial charge in [0.2, 0.25) is 0 Å². The molecule has 1 aliphatic heterocycles. The first kappa shape index (κ1) is 23.0. The monoisotopic (exact) mass is 466 g/mol. The van der Waals surface area contributed by atoms with Crippen molar-refractivity contribution >= 4 is 29.9 Å². The standard InChI is InChI=1S/C19H38N4O.HI/c1-20-19(23(3)13-9-17-10-15-24-16-11-17)21-12-14-22(2)18-7-5-4-6-8-18;/h17-18H,4-16H2,1-3H3,(H,20,21);1H. The second kappa shape index (κ2) is 13.1. The van der Waals surface area contributed by atoms with Crippen molar-refractivity contribution in [3.63, 3.8) is 0 Å². The molecule has 5 nitrogen and oxygen atoms in total. The topological polar surface area (TPSA) is 40.1 Å². The third kappa shape index (κ3) is 8.43. The van der Waals surface area contributed by atoms with E-state index in [1.165, 1.54) is 51.4 Å². The van der Waals surface area contributed by atoms with Crippen molar-refractivity contribution in [3.05, 3.63) is 0 Å². The second-order valence-electron chi connectivity index (χ2n) is 7.51. The first-order valence-electron chi connectivity index (χ1n) is 9.90. The lowest BCUT2D eigenvalue weighted by Crippen LogP contribution is -2.44. The van der Waals surface area contributed by atoms with E-state index in [-0.39, 0.29) is 24.0 Å². The number of ether oxygens (including phenoxy) is 1. The fourth-order valence-corrected chi connectivity index (χ4v) is 3.95. The molecule has 1 heterocycles. The van der Waals surface area contributed by atoms with E-state index in [1.54, 1.807) is 0 Å². The molecule has 0 aromatic rings. The molecule has 0 unspecified atom stereocenters. The van der Waals surface area contributed by atoms with Crippen LogP contribution in [0.15, 0.2) is 4.99 Å². The van der Waals surface area contributed by atoms with Crippen LogP contribution >= 0.6 is 24.0 Å². The lowest BCUT2D eigenvalue weighted by Gasteiger charge is -2.32. The van der Waals surface area contributed by atoms with Gasteiger partial charge in [0, 0.05) is 53.0 Å². The number of nitrogens with one attached hydrogen (secondary N) is 1. The van der Waals surface area contributed by atoms with Gasteiger partial charge in [-0.25, -0.2) is 0 Å². The van der Waals surface area contributed by atoms with Gasteiger partial charge in [-0.05, 0) is 45.1 Å². The van der Waals surface area contributed by atoms with E-state index in [4.69, 9.17) is 4.74 Å². The zero-order chi connectivity index (χ0) is 17.2. The summed E-state index contributed by atoms with van der Waals surface area (Å²) in [5, 5.41) is 3.54. The van der Waals surface area contributed by atoms with Gasteiger partial charge >= 0.3 is 0 Å². The molecule has 148 valence electrons. The van der Waals surface area contributed by atoms with Crippen molar-refractivity contribution in [1.29, 1.82) is 0 Å². The Balaban J connectivity index is 0.00000312. The molecule has 0 aromatic heterocycles. The molecule has 2 aliphatic rings. The summed E-state index contributed by atoms with van der Waals surface area (Å²) in [5.41, 5.74) is 0. The SMILES string of the molecule is CN=C(NCCN(C)C1CCCCC1)N(C)CCC1CCOCC1.I. The summed E-state index contributed by atoms with van der Waals surface area (Å²) in [7, 11) is 6.31. The van der Waals surface area contributed by atoms with Crippen LogP contribution in [0.5, 0.6) is 0 Å². The Bertz CT molecular complexity index is 368. The molecule has 0 atom stereocenters. The first-order valence-corrected chi connectivity index (χ1v) is 9.90. The highest BCUT2D eigenvalue weighted by Gasteiger charge is 2.18. The fourth-order valence-electron chi connectivity index (χ4n) is 3.95. The molecule has 0 bridgehead atoms. The Labute approximate surface area is 172 Å². The van der Waals surface area contributed by atoms with E-state index in [0.717, 1.165) is 50.8 Å². The fraction of sp³-hybridized carbons (Fsp3) is 0.947. The maximum absolute atomic E-state index is 5.45. The van der Waals surface area contributed by atoms with Crippen molar-refractivity contribution in [2.75, 3.05) is 54.0 Å². The Hall–Kier alpha value is -0.0800. The van der Waals surface area contributed by atoms with Gasteiger partial charge in [0.25, 0.3) is 0 Å². The van der Waals surface area contributed by atoms with Crippen molar-refractivity contribution in [2.45, 2.75) is 57.4 Å². The lowest BCUT2D eigenvalue weighted by molar-refractivity contribution is 0.0625. The number of aliphatic imine (C=N–C) groups is 1. The van der Waals surface area contributed by atoms with E-state index in [1.807, 2.05) is 7.05 Å². The number of guanidine groups is 1. The van der Waals surface area contributed by atoms with E-state index >= 15 is 0 Å². The van der Waals surface area contributed by atoms with Crippen LogP contribution in [0.1, 0.15) is 51.4 Å². The summed E-state index contributed by atoms with van der Waals surface area (Å²) in [6, 6.07) is 0.786. The summed E-state index contributed by atoms with van der Waals surface area (Å²) in [6.07, 6.45) is 10.6. The van der Waals surface area contributed by atoms with Crippen LogP contribution in [0.25, 0.3) is 0 Å². The third-order valence-electron chi connectivity index (χ3n) is 5.73. The lowest BCUT2D eigenvalue weighted by atomic mass is 9.94. The molecule has 1 saturated carbocycles. The molecule has 0 radical (unpaired) electrons. The molecule has 2 rings (SSSR count). The van der Waals surface area contributed by atoms with Crippen LogP contribution in [-0.4, -0.2) is 75.8 Å². The Kier molecular flexibility index (Phi) is 12.1. The largest absolute Gasteiger partial charge is 0.381 e. The van der Waals surface area contributed by atoms with Crippen molar-refractivity contribution in [2.24, 2.45) is 10.9 Å². The average molecular weight is 466 g/mol. The Morgan fingerprint density at radius 3 is 2.36 bits per heavy atom. The maximum Gasteiger partial charge on any atom is 0.193 e. The predicted octanol–water partition coefficient (Wildman–Crippen LogP) is 3.19. The number of halogens is 1. The van der Waals surface area contributed by atoms with Gasteiger partial charge in [0.1, 0.15) is 0 Å². The summed E-state index contributed by atoms with van der Waals surface area (Å²) in [4.78, 5) is 9.25. The Morgan fingerprint density at radius 1 is 1.04 bits per heavy atom. The zero-order valence-electron chi connectivity index (χ0n) is 16.5. The molecule has 1 N–H and O–H groups in total. The molecular weight excluding hydrogens is 427 g/mol. The number of rotatable bonds is 7. The van der Waals surface area contributed by atoms with Gasteiger partial charge in [-0.15, -0.1) is 24.0 Å². The minimum absolute atomic E-state index is 0. The van der Waals surface area contributed by atoms with E-state index in [2.05, 4.69) is 34.2 Å². The molecule has 25 heavy (non-hydrogen) atoms. The minimum Gasteiger partial charge on any atom is -0.381 e. The van der Waals surface area contributed by atoms with Crippen LogP contribution in [0, 0.1) is 5.92 Å². The number of likely N-dealkylation sites (N-methyl/N-ethyl adjacent to an activating group) is 1. The summed E-state index contributed by atoms with van der Waals surface area (Å²) in [6.45, 7) is 5.02. The van der Waals surface area contributed by atoms with Gasteiger partial charge in [-0.1, -0.05) is 19.3 Å². The molecule has 6 heteroatoms. The Morgan fingerprint density at radius 2 is 1.72 bits per heavy atom. The van der Waals surface area contributed by atoms with E-state index in [9.17, 15) is 0 Å². The molecular formula is C19H39IN4O. The highest BCUT2D eigenvalue weighted by atomic mass is 127. The van der Waals surface area contributed by atoms with Crippen molar-refractivity contribution in [3.8, 4) is 0 Å². The molecule has 2 fully saturated rings. The average Bonchev–Trinajstić information content (AvgIpc) is 2.64. The summed E-state index contributed by atoms with van der Waals surface area (Å²) in [5.74, 6) is 1.84. The van der Waals surface area contributed by atoms with Gasteiger partial charge in [0.15, 0.2) is 5.96 Å². The van der Waals surface area contributed by atoms with Crippen LogP contribution in [0.4, 0.5) is 0 Å². The second-order valence-corrected chi connectivity index (χ2v) is 7.51. The molecule has 0 amide bonds. The van der Waals surface area contributed by atoms with Crippen LogP contribution in [0.3, 0.4) is 0 Å². The van der Waals surface area contributed by atoms with Gasteiger partial charge in [0.05, 0.1) is 0 Å². The first-order chi connectivity index (χ1) is 11.7. The quantitative estimate of drug-likeness (QED) is 0.356. The normalized spacial score (nSPS) is 20.4. The predicted molar refractivity (Wildman–Crippen MR) is 117 cm³/mol. The van der Waals surface area contributed by atoms with Crippen molar-refractivity contribution in [1.82, 2.24) is 15.1 Å². The molecule has 1 saturated heterocycles. The zero-order valence-corrected chi connectivity index (χ0v) is 18.8. The molecule has 0 spiro atoms. The summed E-state index contributed by atoms with van der Waals surface area (Å²) < 4.78 is 5.45. The highest BCUT2D eigenvalue weighted by Crippen LogP contribution is 2.21. The number of nitrogens with zero attached hydrogens (tertiary/aromatic N) is 3. The minimum atomic E-state index is 0. The summed E-state index contributed by atoms with van der Waals surface area (Å²) >= 11 is 0. The van der Waals surface area contributed by atoms with Crippen molar-refractivity contribution < 1.29 is 4.74 Å². The van der Waals surface area contributed by atoms with Crippen LogP contribution < -0.4 is 5.32 Å². The van der Waals surface area contributed by atoms with Gasteiger partial charge in [-0.3, -0.25) is 4.99 Å². The number of hydrogen-bond acceptors (Lipinski definition) is 3. The highest BCUT2D eigenvalue weighted by molar-refractivity contribution is 14.0. The van der Waals surface area contributed by atoms with Gasteiger partial charge < -0.3 is 19.9 Å². The third-order valence-corrected chi connectivity index (χ3v) is 5.73. The van der Waals surface area contributed by atoms with Gasteiger partial charge in [-0.2, -0.15) is 0 Å². The maximum atomic E-state index is 5.45. The molecule has 1 aliphatic carbocycles.